The molecule has 2 rings (SSSR count). The van der Waals surface area contributed by atoms with E-state index in [0.717, 1.165) is 43.7 Å². The highest BCUT2D eigenvalue weighted by Gasteiger charge is 2.08. The van der Waals surface area contributed by atoms with Crippen molar-refractivity contribution >= 4 is 0 Å². The van der Waals surface area contributed by atoms with Gasteiger partial charge in [0.25, 0.3) is 0 Å². The number of phenols is 1. The van der Waals surface area contributed by atoms with Gasteiger partial charge in [0.05, 0.1) is 20.0 Å². The van der Waals surface area contributed by atoms with Gasteiger partial charge in [-0.2, -0.15) is 0 Å². The lowest BCUT2D eigenvalue weighted by Crippen LogP contribution is -2.19. The number of benzene rings is 1. The largest absolute Gasteiger partial charge is 0.504 e. The Morgan fingerprint density at radius 1 is 1.14 bits per heavy atom. The summed E-state index contributed by atoms with van der Waals surface area (Å²) in [6, 6.07) is 5.56. The highest BCUT2D eigenvalue weighted by atomic mass is 16.5. The molecule has 0 amide bonds. The van der Waals surface area contributed by atoms with Gasteiger partial charge in [-0.3, -0.25) is 0 Å². The van der Waals surface area contributed by atoms with Crippen molar-refractivity contribution in [2.45, 2.75) is 25.8 Å². The number of hydrogen-bond acceptors (Lipinski definition) is 4. The molecule has 1 aliphatic rings. The molecule has 0 fully saturated rings. The van der Waals surface area contributed by atoms with Crippen molar-refractivity contribution < 1.29 is 14.6 Å². The molecule has 4 heteroatoms. The minimum Gasteiger partial charge on any atom is -0.504 e. The zero-order chi connectivity index (χ0) is 15.9. The molecule has 1 aromatic rings. The van der Waals surface area contributed by atoms with Crippen molar-refractivity contribution in [3.63, 3.8) is 0 Å². The maximum atomic E-state index is 9.82. The number of methoxy groups -OCH3 is 2. The summed E-state index contributed by atoms with van der Waals surface area (Å²) in [4.78, 5) is 2.26. The van der Waals surface area contributed by atoms with Crippen molar-refractivity contribution in [1.29, 1.82) is 0 Å². The van der Waals surface area contributed by atoms with Crippen LogP contribution in [0.4, 0.5) is 0 Å². The first-order valence-corrected chi connectivity index (χ1v) is 7.57. The van der Waals surface area contributed by atoms with Crippen molar-refractivity contribution in [2.75, 3.05) is 27.8 Å². The lowest BCUT2D eigenvalue weighted by Gasteiger charge is -2.19. The molecule has 0 aromatic heterocycles. The zero-order valence-corrected chi connectivity index (χ0v) is 13.6. The Balaban J connectivity index is 1.80. The van der Waals surface area contributed by atoms with E-state index in [0.29, 0.717) is 5.75 Å². The fourth-order valence-electron chi connectivity index (χ4n) is 2.59. The molecule has 0 saturated heterocycles. The van der Waals surface area contributed by atoms with Gasteiger partial charge in [0.1, 0.15) is 0 Å². The summed E-state index contributed by atoms with van der Waals surface area (Å²) in [5, 5.41) is 9.82. The van der Waals surface area contributed by atoms with Gasteiger partial charge in [0.15, 0.2) is 11.5 Å². The van der Waals surface area contributed by atoms with E-state index in [1.165, 1.54) is 5.57 Å². The van der Waals surface area contributed by atoms with Gasteiger partial charge in [-0.1, -0.05) is 17.7 Å². The highest BCUT2D eigenvalue weighted by molar-refractivity contribution is 5.41. The van der Waals surface area contributed by atoms with Crippen molar-refractivity contribution in [3.8, 4) is 11.5 Å². The third kappa shape index (κ3) is 4.53. The minimum atomic E-state index is 0.195. The van der Waals surface area contributed by atoms with Crippen LogP contribution in [-0.4, -0.2) is 37.8 Å². The molecule has 0 aliphatic heterocycles. The lowest BCUT2D eigenvalue weighted by molar-refractivity contribution is 0.281. The number of phenolic OH excluding ortho intramolecular Hbond substituents is 1. The number of hydrogen-bond donors (Lipinski definition) is 1. The minimum absolute atomic E-state index is 0.195. The average molecular weight is 303 g/mol. The summed E-state index contributed by atoms with van der Waals surface area (Å²) in [6.45, 7) is 1.80. The Hall–Kier alpha value is -1.94. The molecule has 0 heterocycles. The molecule has 0 spiro atoms. The number of allylic oxidation sites excluding steroid dienone is 2. The average Bonchev–Trinajstić information content (AvgIpc) is 2.53. The van der Waals surface area contributed by atoms with Gasteiger partial charge in [-0.15, -0.1) is 0 Å². The molecular weight excluding hydrogens is 278 g/mol. The van der Waals surface area contributed by atoms with E-state index in [2.05, 4.69) is 24.1 Å². The maximum Gasteiger partial charge on any atom is 0.160 e. The first-order chi connectivity index (χ1) is 10.6. The van der Waals surface area contributed by atoms with Crippen molar-refractivity contribution in [1.82, 2.24) is 4.90 Å². The van der Waals surface area contributed by atoms with Crippen LogP contribution >= 0.6 is 0 Å². The maximum absolute atomic E-state index is 9.82. The SMILES string of the molecule is COC1=CCC(CCN(C)Cc2ccc(OC)c(O)c2)=CC1. The van der Waals surface area contributed by atoms with Crippen LogP contribution in [0.1, 0.15) is 24.8 Å². The van der Waals surface area contributed by atoms with E-state index in [9.17, 15) is 5.11 Å². The number of nitrogens with zero attached hydrogens (tertiary/aromatic N) is 1. The summed E-state index contributed by atoms with van der Waals surface area (Å²) >= 11 is 0. The topological polar surface area (TPSA) is 41.9 Å². The molecule has 0 saturated carbocycles. The summed E-state index contributed by atoms with van der Waals surface area (Å²) < 4.78 is 10.3. The van der Waals surface area contributed by atoms with E-state index in [4.69, 9.17) is 9.47 Å². The summed E-state index contributed by atoms with van der Waals surface area (Å²) in [5.41, 5.74) is 2.55. The first-order valence-electron chi connectivity index (χ1n) is 7.57. The molecular formula is C18H25NO3. The quantitative estimate of drug-likeness (QED) is 0.783. The number of ether oxygens (including phenoxy) is 2. The molecule has 0 bridgehead atoms. The normalized spacial score (nSPS) is 14.5. The highest BCUT2D eigenvalue weighted by Crippen LogP contribution is 2.27. The van der Waals surface area contributed by atoms with Gasteiger partial charge in [-0.25, -0.2) is 0 Å². The predicted molar refractivity (Wildman–Crippen MR) is 88.0 cm³/mol. The van der Waals surface area contributed by atoms with Crippen LogP contribution in [0.2, 0.25) is 0 Å². The van der Waals surface area contributed by atoms with Crippen LogP contribution in [0.15, 0.2) is 41.7 Å². The van der Waals surface area contributed by atoms with E-state index in [1.54, 1.807) is 26.4 Å². The second-order valence-corrected chi connectivity index (χ2v) is 5.64. The molecule has 0 unspecified atom stereocenters. The van der Waals surface area contributed by atoms with Crippen LogP contribution in [0.25, 0.3) is 0 Å². The molecule has 0 atom stereocenters. The van der Waals surface area contributed by atoms with Gasteiger partial charge < -0.3 is 19.5 Å². The Labute approximate surface area is 132 Å². The van der Waals surface area contributed by atoms with Crippen LogP contribution in [0.3, 0.4) is 0 Å². The fraction of sp³-hybridized carbons (Fsp3) is 0.444. The molecule has 1 N–H and O–H groups in total. The Bertz CT molecular complexity index is 563. The lowest BCUT2D eigenvalue weighted by atomic mass is 10.0. The Morgan fingerprint density at radius 2 is 1.95 bits per heavy atom. The van der Waals surface area contributed by atoms with Gasteiger partial charge in [-0.05, 0) is 43.7 Å². The fourth-order valence-corrected chi connectivity index (χ4v) is 2.59. The van der Waals surface area contributed by atoms with Gasteiger partial charge in [0.2, 0.25) is 0 Å². The number of rotatable bonds is 7. The Morgan fingerprint density at radius 3 is 2.55 bits per heavy atom. The molecule has 22 heavy (non-hydrogen) atoms. The molecule has 0 radical (unpaired) electrons. The van der Waals surface area contributed by atoms with Crippen LogP contribution in [0, 0.1) is 0 Å². The second kappa shape index (κ2) is 7.90. The summed E-state index contributed by atoms with van der Waals surface area (Å²) in [5.74, 6) is 1.77. The zero-order valence-electron chi connectivity index (χ0n) is 13.6. The molecule has 120 valence electrons. The second-order valence-electron chi connectivity index (χ2n) is 5.64. The van der Waals surface area contributed by atoms with Gasteiger partial charge in [0, 0.05) is 19.5 Å². The molecule has 1 aliphatic carbocycles. The smallest absolute Gasteiger partial charge is 0.160 e. The van der Waals surface area contributed by atoms with Crippen LogP contribution in [0.5, 0.6) is 11.5 Å². The van der Waals surface area contributed by atoms with E-state index >= 15 is 0 Å². The predicted octanol–water partition coefficient (Wildman–Crippen LogP) is 3.47. The molecule has 4 nitrogen and oxygen atoms in total. The van der Waals surface area contributed by atoms with Crippen LogP contribution in [-0.2, 0) is 11.3 Å². The monoisotopic (exact) mass is 303 g/mol. The third-order valence-corrected chi connectivity index (χ3v) is 3.96. The van der Waals surface area contributed by atoms with E-state index in [1.807, 2.05) is 6.07 Å². The standard InChI is InChI=1S/C18H25NO3/c1-19(11-10-14-4-7-16(21-2)8-5-14)13-15-6-9-18(22-3)17(20)12-15/h4,6,8-9,12,20H,5,7,10-11,13H2,1-3H3. The van der Waals surface area contributed by atoms with E-state index < -0.39 is 0 Å². The third-order valence-electron chi connectivity index (χ3n) is 3.96. The van der Waals surface area contributed by atoms with Crippen molar-refractivity contribution in [2.24, 2.45) is 0 Å². The first kappa shape index (κ1) is 16.4. The Kier molecular flexibility index (Phi) is 5.90. The van der Waals surface area contributed by atoms with Gasteiger partial charge >= 0.3 is 0 Å². The van der Waals surface area contributed by atoms with E-state index in [-0.39, 0.29) is 5.75 Å². The molecule has 1 aromatic carbocycles. The summed E-state index contributed by atoms with van der Waals surface area (Å²) in [6.07, 6.45) is 7.39. The summed E-state index contributed by atoms with van der Waals surface area (Å²) in [7, 11) is 5.38. The number of aromatic hydroxyl groups is 1. The van der Waals surface area contributed by atoms with Crippen molar-refractivity contribution in [3.05, 3.63) is 47.2 Å². The van der Waals surface area contributed by atoms with Crippen LogP contribution < -0.4 is 4.74 Å².